The van der Waals surface area contributed by atoms with E-state index < -0.39 is 5.82 Å². The molecule has 4 rings (SSSR count). The van der Waals surface area contributed by atoms with Gasteiger partial charge in [0, 0.05) is 30.6 Å². The van der Waals surface area contributed by atoms with Crippen molar-refractivity contribution in [1.29, 1.82) is 0 Å². The van der Waals surface area contributed by atoms with Crippen LogP contribution in [0.2, 0.25) is 0 Å². The van der Waals surface area contributed by atoms with Crippen LogP contribution < -0.4 is 10.5 Å². The van der Waals surface area contributed by atoms with Crippen LogP contribution in [0.25, 0.3) is 0 Å². The summed E-state index contributed by atoms with van der Waals surface area (Å²) < 4.78 is 14.6. The zero-order valence-electron chi connectivity index (χ0n) is 17.2. The van der Waals surface area contributed by atoms with Gasteiger partial charge in [0.1, 0.15) is 5.82 Å². The molecule has 154 valence electrons. The minimum Gasteiger partial charge on any atom is -0.318 e. The number of carbonyl (C=O) groups is 1. The van der Waals surface area contributed by atoms with Crippen molar-refractivity contribution in [2.75, 3.05) is 18.0 Å². The first kappa shape index (κ1) is 19.6. The summed E-state index contributed by atoms with van der Waals surface area (Å²) in [6.07, 6.45) is 4.18. The van der Waals surface area contributed by atoms with Crippen molar-refractivity contribution < 1.29 is 9.18 Å². The van der Waals surface area contributed by atoms with Crippen LogP contribution in [0.5, 0.6) is 0 Å². The van der Waals surface area contributed by atoms with Gasteiger partial charge < -0.3 is 4.90 Å². The standard InChI is InChI=1S/C22H27FN4O2/c1-22(2,3)27-11-10-26(21(27)29)19-13-14(8-9-17(19)23)12-18-15-6-4-5-7-16(15)20(28)25-24-18/h8-9,13H,4-7,10-12H2,1-3H3,(H,25,28). The van der Waals surface area contributed by atoms with E-state index in [1.807, 2.05) is 20.8 Å². The van der Waals surface area contributed by atoms with Crippen molar-refractivity contribution in [2.24, 2.45) is 0 Å². The van der Waals surface area contributed by atoms with Gasteiger partial charge >= 0.3 is 6.03 Å². The Bertz CT molecular complexity index is 1010. The highest BCUT2D eigenvalue weighted by molar-refractivity contribution is 5.94. The molecule has 1 fully saturated rings. The van der Waals surface area contributed by atoms with Crippen molar-refractivity contribution in [3.8, 4) is 0 Å². The molecule has 1 aliphatic carbocycles. The first-order chi connectivity index (χ1) is 13.8. The summed E-state index contributed by atoms with van der Waals surface area (Å²) in [5.74, 6) is -0.408. The number of urea groups is 1. The summed E-state index contributed by atoms with van der Waals surface area (Å²) in [5, 5.41) is 6.88. The molecular formula is C22H27FN4O2. The SMILES string of the molecule is CC(C)(C)N1CCN(c2cc(Cc3n[nH]c(=O)c4c3CCCC4)ccc2F)C1=O. The lowest BCUT2D eigenvalue weighted by Crippen LogP contribution is -2.44. The number of aromatic amines is 1. The summed E-state index contributed by atoms with van der Waals surface area (Å²) in [6.45, 7) is 6.97. The molecule has 1 aliphatic heterocycles. The monoisotopic (exact) mass is 398 g/mol. The molecule has 2 aromatic rings. The second-order valence-electron chi connectivity index (χ2n) is 8.88. The average Bonchev–Trinajstić information content (AvgIpc) is 3.07. The molecule has 6 nitrogen and oxygen atoms in total. The number of aromatic nitrogens is 2. The molecule has 0 unspecified atom stereocenters. The average molecular weight is 398 g/mol. The van der Waals surface area contributed by atoms with E-state index in [2.05, 4.69) is 10.2 Å². The molecule has 1 aromatic heterocycles. The number of nitrogens with one attached hydrogen (secondary N) is 1. The van der Waals surface area contributed by atoms with E-state index in [9.17, 15) is 14.0 Å². The molecule has 1 saturated heterocycles. The van der Waals surface area contributed by atoms with E-state index in [1.165, 1.54) is 11.0 Å². The third-order valence-electron chi connectivity index (χ3n) is 5.87. The van der Waals surface area contributed by atoms with Crippen LogP contribution in [0.3, 0.4) is 0 Å². The lowest BCUT2D eigenvalue weighted by Gasteiger charge is -2.31. The number of benzene rings is 1. The fourth-order valence-electron chi connectivity index (χ4n) is 4.33. The fourth-order valence-corrected chi connectivity index (χ4v) is 4.33. The number of nitrogens with zero attached hydrogens (tertiary/aromatic N) is 3. The summed E-state index contributed by atoms with van der Waals surface area (Å²) in [7, 11) is 0. The Kier molecular flexibility index (Phi) is 4.92. The van der Waals surface area contributed by atoms with E-state index in [1.54, 1.807) is 17.0 Å². The number of rotatable bonds is 3. The van der Waals surface area contributed by atoms with E-state index in [-0.39, 0.29) is 17.1 Å². The Morgan fingerprint density at radius 2 is 1.83 bits per heavy atom. The Morgan fingerprint density at radius 1 is 1.10 bits per heavy atom. The topological polar surface area (TPSA) is 69.3 Å². The maximum atomic E-state index is 14.6. The second-order valence-corrected chi connectivity index (χ2v) is 8.88. The molecule has 0 atom stereocenters. The third kappa shape index (κ3) is 3.66. The highest BCUT2D eigenvalue weighted by Gasteiger charge is 2.37. The van der Waals surface area contributed by atoms with Gasteiger partial charge in [0.15, 0.2) is 0 Å². The summed E-state index contributed by atoms with van der Waals surface area (Å²) in [5.41, 5.74) is 3.46. The number of H-pyrrole nitrogens is 1. The van der Waals surface area contributed by atoms with Gasteiger partial charge in [-0.05, 0) is 69.7 Å². The summed E-state index contributed by atoms with van der Waals surface area (Å²) in [4.78, 5) is 28.2. The predicted octanol–water partition coefficient (Wildman–Crippen LogP) is 3.42. The molecular weight excluding hydrogens is 371 g/mol. The van der Waals surface area contributed by atoms with Crippen LogP contribution in [-0.2, 0) is 19.3 Å². The number of carbonyl (C=O) groups excluding carboxylic acids is 1. The van der Waals surface area contributed by atoms with Crippen LogP contribution in [0.4, 0.5) is 14.9 Å². The quantitative estimate of drug-likeness (QED) is 0.861. The number of halogens is 1. The number of fused-ring (bicyclic) bond motifs is 1. The minimum atomic E-state index is -0.408. The Balaban J connectivity index is 1.64. The van der Waals surface area contributed by atoms with E-state index >= 15 is 0 Å². The molecule has 1 aromatic carbocycles. The Labute approximate surface area is 169 Å². The van der Waals surface area contributed by atoms with Gasteiger partial charge in [0.05, 0.1) is 11.4 Å². The van der Waals surface area contributed by atoms with Crippen LogP contribution in [0.15, 0.2) is 23.0 Å². The molecule has 7 heteroatoms. The number of hydrogen-bond donors (Lipinski definition) is 1. The first-order valence-corrected chi connectivity index (χ1v) is 10.2. The molecule has 2 amide bonds. The number of anilines is 1. The van der Waals surface area contributed by atoms with E-state index in [0.29, 0.717) is 25.2 Å². The molecule has 0 saturated carbocycles. The van der Waals surface area contributed by atoms with Crippen LogP contribution in [0, 0.1) is 5.82 Å². The van der Waals surface area contributed by atoms with Gasteiger partial charge in [-0.15, -0.1) is 0 Å². The number of hydrogen-bond acceptors (Lipinski definition) is 3. The van der Waals surface area contributed by atoms with Crippen molar-refractivity contribution in [1.82, 2.24) is 15.1 Å². The minimum absolute atomic E-state index is 0.104. The summed E-state index contributed by atoms with van der Waals surface area (Å²) >= 11 is 0. The molecule has 2 aliphatic rings. The van der Waals surface area contributed by atoms with Crippen molar-refractivity contribution in [3.05, 3.63) is 56.8 Å². The maximum absolute atomic E-state index is 14.6. The van der Waals surface area contributed by atoms with Crippen molar-refractivity contribution in [3.63, 3.8) is 0 Å². The third-order valence-corrected chi connectivity index (χ3v) is 5.87. The largest absolute Gasteiger partial charge is 0.325 e. The van der Waals surface area contributed by atoms with E-state index in [0.717, 1.165) is 48.1 Å². The van der Waals surface area contributed by atoms with Crippen molar-refractivity contribution in [2.45, 2.75) is 58.4 Å². The highest BCUT2D eigenvalue weighted by atomic mass is 19.1. The normalized spacial score (nSPS) is 17.0. The van der Waals surface area contributed by atoms with Gasteiger partial charge in [-0.2, -0.15) is 5.10 Å². The van der Waals surface area contributed by atoms with Gasteiger partial charge in [0.25, 0.3) is 5.56 Å². The van der Waals surface area contributed by atoms with Gasteiger partial charge in [-0.3, -0.25) is 9.69 Å². The molecule has 1 N–H and O–H groups in total. The summed E-state index contributed by atoms with van der Waals surface area (Å²) in [6, 6.07) is 4.70. The first-order valence-electron chi connectivity index (χ1n) is 10.2. The smallest absolute Gasteiger partial charge is 0.318 e. The van der Waals surface area contributed by atoms with Gasteiger partial charge in [0.2, 0.25) is 0 Å². The molecule has 2 heterocycles. The van der Waals surface area contributed by atoms with Gasteiger partial charge in [-0.25, -0.2) is 14.3 Å². The lowest BCUT2D eigenvalue weighted by molar-refractivity contribution is 0.173. The van der Waals surface area contributed by atoms with Crippen LogP contribution >= 0.6 is 0 Å². The molecule has 29 heavy (non-hydrogen) atoms. The second kappa shape index (κ2) is 7.28. The zero-order valence-corrected chi connectivity index (χ0v) is 17.2. The Hall–Kier alpha value is -2.70. The maximum Gasteiger partial charge on any atom is 0.325 e. The molecule has 0 radical (unpaired) electrons. The van der Waals surface area contributed by atoms with E-state index in [4.69, 9.17) is 0 Å². The van der Waals surface area contributed by atoms with Gasteiger partial charge in [-0.1, -0.05) is 6.07 Å². The molecule has 0 spiro atoms. The molecule has 0 bridgehead atoms. The van der Waals surface area contributed by atoms with Crippen LogP contribution in [0.1, 0.15) is 56.0 Å². The fraction of sp³-hybridized carbons (Fsp3) is 0.500. The van der Waals surface area contributed by atoms with Crippen LogP contribution in [-0.4, -0.2) is 39.8 Å². The highest BCUT2D eigenvalue weighted by Crippen LogP contribution is 2.30. The lowest BCUT2D eigenvalue weighted by atomic mass is 9.90. The zero-order chi connectivity index (χ0) is 20.8. The number of amides is 2. The predicted molar refractivity (Wildman–Crippen MR) is 110 cm³/mol. The van der Waals surface area contributed by atoms with Crippen molar-refractivity contribution >= 4 is 11.7 Å². The Morgan fingerprint density at radius 3 is 2.52 bits per heavy atom.